The van der Waals surface area contributed by atoms with Crippen molar-refractivity contribution in [3.05, 3.63) is 70.8 Å². The van der Waals surface area contributed by atoms with Gasteiger partial charge in [-0.2, -0.15) is 0 Å². The number of amides is 2. The molecule has 30 heavy (non-hydrogen) atoms. The molecule has 2 atom stereocenters. The number of hydrogen-bond donors (Lipinski definition) is 1. The fourth-order valence-corrected chi connectivity index (χ4v) is 3.84. The van der Waals surface area contributed by atoms with Crippen molar-refractivity contribution in [3.63, 3.8) is 0 Å². The Morgan fingerprint density at radius 2 is 1.90 bits per heavy atom. The summed E-state index contributed by atoms with van der Waals surface area (Å²) in [5.41, 5.74) is 1.81. The average molecular weight is 416 g/mol. The number of methoxy groups -OCH3 is 1. The molecule has 2 aromatic carbocycles. The molecule has 0 unspecified atom stereocenters. The van der Waals surface area contributed by atoms with Gasteiger partial charge in [0.25, 0.3) is 0 Å². The number of rotatable bonds is 6. The van der Waals surface area contributed by atoms with Gasteiger partial charge in [0.1, 0.15) is 18.2 Å². The van der Waals surface area contributed by atoms with Crippen molar-refractivity contribution in [2.45, 2.75) is 25.8 Å². The Kier molecular flexibility index (Phi) is 7.15. The molecule has 2 aromatic rings. The molecule has 1 heterocycles. The van der Waals surface area contributed by atoms with Crippen LogP contribution in [0, 0.1) is 24.5 Å². The zero-order chi connectivity index (χ0) is 21.7. The minimum Gasteiger partial charge on any atom is -0.375 e. The second-order valence-corrected chi connectivity index (χ2v) is 7.68. The summed E-state index contributed by atoms with van der Waals surface area (Å²) < 4.78 is 32.5. The largest absolute Gasteiger partial charge is 0.375 e. The number of aryl methyl sites for hydroxylation is 1. The fourth-order valence-electron chi connectivity index (χ4n) is 3.84. The van der Waals surface area contributed by atoms with Crippen LogP contribution in [-0.2, 0) is 20.9 Å². The summed E-state index contributed by atoms with van der Waals surface area (Å²) in [6.07, 6.45) is 0.519. The Bertz CT molecular complexity index is 919. The summed E-state index contributed by atoms with van der Waals surface area (Å²) >= 11 is 0. The van der Waals surface area contributed by atoms with Crippen LogP contribution in [0.15, 0.2) is 42.5 Å². The summed E-state index contributed by atoms with van der Waals surface area (Å²) in [4.78, 5) is 26.9. The van der Waals surface area contributed by atoms with Crippen LogP contribution in [0.3, 0.4) is 0 Å². The van der Waals surface area contributed by atoms with E-state index >= 15 is 0 Å². The van der Waals surface area contributed by atoms with Crippen LogP contribution in [0.25, 0.3) is 0 Å². The zero-order valence-electron chi connectivity index (χ0n) is 17.2. The molecule has 0 aliphatic carbocycles. The van der Waals surface area contributed by atoms with Crippen molar-refractivity contribution >= 4 is 11.8 Å². The number of nitrogens with one attached hydrogen (secondary N) is 1. The minimum atomic E-state index is -0.457. The number of piperidine rings is 1. The van der Waals surface area contributed by atoms with Gasteiger partial charge in [0.15, 0.2) is 0 Å². The highest BCUT2D eigenvalue weighted by Gasteiger charge is 2.34. The predicted molar refractivity (Wildman–Crippen MR) is 109 cm³/mol. The summed E-state index contributed by atoms with van der Waals surface area (Å²) in [5, 5.41) is 2.79. The van der Waals surface area contributed by atoms with Crippen LogP contribution >= 0.6 is 0 Å². The lowest BCUT2D eigenvalue weighted by Crippen LogP contribution is -2.48. The maximum atomic E-state index is 13.8. The summed E-state index contributed by atoms with van der Waals surface area (Å²) in [6, 6.07) is 11.1. The van der Waals surface area contributed by atoms with Gasteiger partial charge < -0.3 is 15.0 Å². The quantitative estimate of drug-likeness (QED) is 0.787. The normalized spacial score (nSPS) is 18.9. The van der Waals surface area contributed by atoms with E-state index < -0.39 is 5.92 Å². The molecule has 3 rings (SSSR count). The van der Waals surface area contributed by atoms with Crippen molar-refractivity contribution in [2.24, 2.45) is 5.92 Å². The average Bonchev–Trinajstić information content (AvgIpc) is 2.74. The lowest BCUT2D eigenvalue weighted by molar-refractivity contribution is -0.139. The zero-order valence-corrected chi connectivity index (χ0v) is 17.2. The first-order chi connectivity index (χ1) is 14.4. The van der Waals surface area contributed by atoms with Crippen molar-refractivity contribution < 1.29 is 23.1 Å². The lowest BCUT2D eigenvalue weighted by Gasteiger charge is -2.37. The third kappa shape index (κ3) is 5.21. The number of ether oxygens (including phenoxy) is 1. The minimum absolute atomic E-state index is 0.0707. The van der Waals surface area contributed by atoms with Gasteiger partial charge in [-0.15, -0.1) is 0 Å². The highest BCUT2D eigenvalue weighted by Crippen LogP contribution is 2.31. The van der Waals surface area contributed by atoms with Crippen LogP contribution in [-0.4, -0.2) is 43.5 Å². The van der Waals surface area contributed by atoms with E-state index in [1.54, 1.807) is 42.2 Å². The van der Waals surface area contributed by atoms with Gasteiger partial charge in [-0.1, -0.05) is 30.3 Å². The molecule has 7 heteroatoms. The Balaban J connectivity index is 1.76. The van der Waals surface area contributed by atoms with E-state index in [4.69, 9.17) is 4.74 Å². The topological polar surface area (TPSA) is 58.6 Å². The monoisotopic (exact) mass is 416 g/mol. The summed E-state index contributed by atoms with van der Waals surface area (Å²) in [5.74, 6) is -1.67. The van der Waals surface area contributed by atoms with Gasteiger partial charge >= 0.3 is 0 Å². The molecule has 1 aliphatic heterocycles. The van der Waals surface area contributed by atoms with Crippen molar-refractivity contribution in [1.82, 2.24) is 10.2 Å². The maximum Gasteiger partial charge on any atom is 0.248 e. The molecule has 0 spiro atoms. The van der Waals surface area contributed by atoms with Crippen molar-refractivity contribution in [2.75, 3.05) is 26.8 Å². The van der Waals surface area contributed by atoms with Crippen LogP contribution in [0.4, 0.5) is 8.78 Å². The summed E-state index contributed by atoms with van der Waals surface area (Å²) in [7, 11) is 1.45. The molecule has 0 bridgehead atoms. The van der Waals surface area contributed by atoms with E-state index in [0.717, 1.165) is 5.56 Å². The SMILES string of the molecule is COCC(=O)N1C[C@@H](C(=O)NCc2ccccc2F)C[C@H](c2ccc(F)c(C)c2)C1. The Labute approximate surface area is 175 Å². The molecule has 0 saturated carbocycles. The summed E-state index contributed by atoms with van der Waals surface area (Å²) in [6.45, 7) is 2.40. The molecular weight excluding hydrogens is 390 g/mol. The van der Waals surface area contributed by atoms with Crippen LogP contribution in [0.2, 0.25) is 0 Å². The standard InChI is InChI=1S/C23H26F2N2O3/c1-15-9-16(7-8-20(15)24)18-10-19(13-27(12-18)22(28)14-30-2)23(29)26-11-17-5-3-4-6-21(17)25/h3-9,18-19H,10-14H2,1-2H3,(H,26,29)/t18-,19-/m0/s1. The molecule has 1 aliphatic rings. The lowest BCUT2D eigenvalue weighted by atomic mass is 9.83. The third-order valence-electron chi connectivity index (χ3n) is 5.51. The number of hydrogen-bond acceptors (Lipinski definition) is 3. The molecule has 160 valence electrons. The molecular formula is C23H26F2N2O3. The van der Waals surface area contributed by atoms with E-state index in [0.29, 0.717) is 24.1 Å². The van der Waals surface area contributed by atoms with E-state index in [1.165, 1.54) is 19.2 Å². The number of likely N-dealkylation sites (tertiary alicyclic amines) is 1. The first-order valence-electron chi connectivity index (χ1n) is 9.93. The molecule has 2 amide bonds. The van der Waals surface area contributed by atoms with E-state index in [-0.39, 0.29) is 49.1 Å². The number of carbonyl (C=O) groups is 2. The molecule has 0 aromatic heterocycles. The van der Waals surface area contributed by atoms with Crippen LogP contribution in [0.1, 0.15) is 29.0 Å². The fraction of sp³-hybridized carbons (Fsp3) is 0.391. The molecule has 1 fully saturated rings. The van der Waals surface area contributed by atoms with Crippen molar-refractivity contribution in [1.29, 1.82) is 0 Å². The van der Waals surface area contributed by atoms with Gasteiger partial charge in [-0.25, -0.2) is 8.78 Å². The smallest absolute Gasteiger partial charge is 0.248 e. The first kappa shape index (κ1) is 21.9. The second kappa shape index (κ2) is 9.80. The molecule has 1 N–H and O–H groups in total. The Morgan fingerprint density at radius 3 is 2.60 bits per heavy atom. The molecule has 1 saturated heterocycles. The maximum absolute atomic E-state index is 13.8. The number of benzene rings is 2. The van der Waals surface area contributed by atoms with Crippen LogP contribution < -0.4 is 5.32 Å². The number of nitrogens with zero attached hydrogens (tertiary/aromatic N) is 1. The molecule has 0 radical (unpaired) electrons. The van der Waals surface area contributed by atoms with Gasteiger partial charge in [0, 0.05) is 38.2 Å². The first-order valence-corrected chi connectivity index (χ1v) is 9.93. The van der Waals surface area contributed by atoms with Crippen molar-refractivity contribution in [3.8, 4) is 0 Å². The second-order valence-electron chi connectivity index (χ2n) is 7.68. The predicted octanol–water partition coefficient (Wildman–Crippen LogP) is 3.17. The van der Waals surface area contributed by atoms with E-state index in [1.807, 2.05) is 0 Å². The van der Waals surface area contributed by atoms with Crippen LogP contribution in [0.5, 0.6) is 0 Å². The van der Waals surface area contributed by atoms with Gasteiger partial charge in [0.2, 0.25) is 11.8 Å². The van der Waals surface area contributed by atoms with E-state index in [9.17, 15) is 18.4 Å². The van der Waals surface area contributed by atoms with E-state index in [2.05, 4.69) is 5.32 Å². The highest BCUT2D eigenvalue weighted by molar-refractivity contribution is 5.82. The third-order valence-corrected chi connectivity index (χ3v) is 5.51. The molecule has 5 nitrogen and oxygen atoms in total. The highest BCUT2D eigenvalue weighted by atomic mass is 19.1. The van der Waals surface area contributed by atoms with Gasteiger partial charge in [-0.3, -0.25) is 9.59 Å². The Hall–Kier alpha value is -2.80. The number of carbonyl (C=O) groups excluding carboxylic acids is 2. The number of halogens is 2. The van der Waals surface area contributed by atoms with Gasteiger partial charge in [-0.05, 0) is 36.6 Å². The van der Waals surface area contributed by atoms with Gasteiger partial charge in [0.05, 0.1) is 5.92 Å². The Morgan fingerprint density at radius 1 is 1.13 bits per heavy atom.